The van der Waals surface area contributed by atoms with E-state index in [-0.39, 0.29) is 5.54 Å². The fourth-order valence-electron chi connectivity index (χ4n) is 2.11. The molecule has 0 aliphatic carbocycles. The lowest BCUT2D eigenvalue weighted by Gasteiger charge is -2.43. The lowest BCUT2D eigenvalue weighted by Crippen LogP contribution is -2.56. The maximum atomic E-state index is 5.57. The quantitative estimate of drug-likeness (QED) is 0.651. The molecule has 5 heteroatoms. The van der Waals surface area contributed by atoms with Crippen LogP contribution >= 0.6 is 8.81 Å². The summed E-state index contributed by atoms with van der Waals surface area (Å²) in [5, 5.41) is 0. The van der Waals surface area contributed by atoms with Gasteiger partial charge in [-0.2, -0.15) is 0 Å². The van der Waals surface area contributed by atoms with E-state index in [0.717, 1.165) is 45.7 Å². The largest absolute Gasteiger partial charge is 0.380 e. The Morgan fingerprint density at radius 3 is 2.35 bits per heavy atom. The Morgan fingerprint density at radius 2 is 1.82 bits per heavy atom. The molecule has 0 radical (unpaired) electrons. The van der Waals surface area contributed by atoms with E-state index in [9.17, 15) is 0 Å². The Hall–Kier alpha value is 0.270. The monoisotopic (exact) mass is 262 g/mol. The first-order chi connectivity index (χ1) is 8.10. The maximum Gasteiger partial charge on any atom is 0.0644 e. The molecule has 0 amide bonds. The molecule has 0 saturated carbocycles. The van der Waals surface area contributed by atoms with E-state index in [1.165, 1.54) is 0 Å². The number of ether oxygens (including phenoxy) is 1. The number of hydrogen-bond acceptors (Lipinski definition) is 4. The van der Waals surface area contributed by atoms with Crippen LogP contribution in [-0.4, -0.2) is 68.1 Å². The van der Waals surface area contributed by atoms with Crippen molar-refractivity contribution in [1.82, 2.24) is 9.80 Å². The van der Waals surface area contributed by atoms with E-state index in [4.69, 9.17) is 9.26 Å². The van der Waals surface area contributed by atoms with Crippen molar-refractivity contribution in [2.75, 3.05) is 52.8 Å². The highest BCUT2D eigenvalue weighted by atomic mass is 31.1. The smallest absolute Gasteiger partial charge is 0.0644 e. The second-order valence-corrected chi connectivity index (χ2v) is 6.07. The van der Waals surface area contributed by atoms with E-state index in [1.807, 2.05) is 0 Å². The van der Waals surface area contributed by atoms with Crippen LogP contribution in [0.3, 0.4) is 0 Å². The summed E-state index contributed by atoms with van der Waals surface area (Å²) in [4.78, 5) is 5.02. The molecule has 1 rings (SSSR count). The predicted octanol–water partition coefficient (Wildman–Crippen LogP) is 1.62. The van der Waals surface area contributed by atoms with Gasteiger partial charge in [0.1, 0.15) is 0 Å². The van der Waals surface area contributed by atoms with Crippen LogP contribution in [0.15, 0.2) is 0 Å². The minimum atomic E-state index is 0.158. The minimum absolute atomic E-state index is 0.158. The Balaban J connectivity index is 2.29. The molecule has 1 heterocycles. The van der Waals surface area contributed by atoms with Crippen molar-refractivity contribution in [3.63, 3.8) is 0 Å². The van der Waals surface area contributed by atoms with Gasteiger partial charge in [0.15, 0.2) is 0 Å². The first-order valence-electron chi connectivity index (χ1n) is 6.41. The first-order valence-corrected chi connectivity index (χ1v) is 7.52. The van der Waals surface area contributed by atoms with Gasteiger partial charge in [-0.3, -0.25) is 9.80 Å². The summed E-state index contributed by atoms with van der Waals surface area (Å²) in [5.74, 6) is 0. The second-order valence-electron chi connectivity index (χ2n) is 5.06. The molecule has 0 bridgehead atoms. The van der Waals surface area contributed by atoms with Crippen LogP contribution in [0.1, 0.15) is 20.8 Å². The van der Waals surface area contributed by atoms with Crippen LogP contribution in [0.2, 0.25) is 0 Å². The van der Waals surface area contributed by atoms with Gasteiger partial charge in [0.2, 0.25) is 0 Å². The molecule has 1 aliphatic rings. The number of piperazine rings is 1. The third-order valence-electron chi connectivity index (χ3n) is 3.32. The molecule has 0 N–H and O–H groups in total. The SMILES string of the molecule is CCOCC(C)(C)N1CCN(CPOC)CC1. The van der Waals surface area contributed by atoms with Crippen molar-refractivity contribution in [2.24, 2.45) is 0 Å². The molecule has 1 saturated heterocycles. The molecule has 1 atom stereocenters. The third kappa shape index (κ3) is 5.19. The molecule has 0 spiro atoms. The maximum absolute atomic E-state index is 5.57. The number of hydrogen-bond donors (Lipinski definition) is 0. The highest BCUT2D eigenvalue weighted by molar-refractivity contribution is 7.32. The Labute approximate surface area is 107 Å². The lowest BCUT2D eigenvalue weighted by molar-refractivity contribution is -0.00668. The average Bonchev–Trinajstić information content (AvgIpc) is 2.34. The molecule has 0 aromatic carbocycles. The van der Waals surface area contributed by atoms with Gasteiger partial charge >= 0.3 is 0 Å². The van der Waals surface area contributed by atoms with E-state index in [0.29, 0.717) is 8.81 Å². The molecule has 1 fully saturated rings. The molecule has 0 aromatic heterocycles. The van der Waals surface area contributed by atoms with Crippen molar-refractivity contribution in [1.29, 1.82) is 0 Å². The van der Waals surface area contributed by atoms with Crippen LogP contribution < -0.4 is 0 Å². The second kappa shape index (κ2) is 7.65. The lowest BCUT2D eigenvalue weighted by atomic mass is 10.0. The van der Waals surface area contributed by atoms with Gasteiger partial charge in [-0.1, -0.05) is 0 Å². The topological polar surface area (TPSA) is 24.9 Å². The molecule has 102 valence electrons. The van der Waals surface area contributed by atoms with Gasteiger partial charge in [-0.05, 0) is 20.8 Å². The van der Waals surface area contributed by atoms with E-state index in [1.54, 1.807) is 7.11 Å². The van der Waals surface area contributed by atoms with E-state index < -0.39 is 0 Å². The van der Waals surface area contributed by atoms with Crippen molar-refractivity contribution < 1.29 is 9.26 Å². The Bertz CT molecular complexity index is 207. The van der Waals surface area contributed by atoms with Crippen LogP contribution in [0.4, 0.5) is 0 Å². The van der Waals surface area contributed by atoms with E-state index >= 15 is 0 Å². The van der Waals surface area contributed by atoms with Gasteiger partial charge in [0.05, 0.1) is 6.61 Å². The standard InChI is InChI=1S/C12H27N2O2P/c1-5-16-10-12(2,3)14-8-6-13(7-9-14)11-17-15-4/h17H,5-11H2,1-4H3. The van der Waals surface area contributed by atoms with Gasteiger partial charge in [-0.25, -0.2) is 0 Å². The van der Waals surface area contributed by atoms with Crippen LogP contribution in [0.25, 0.3) is 0 Å². The zero-order valence-electron chi connectivity index (χ0n) is 11.7. The zero-order chi connectivity index (χ0) is 12.7. The molecule has 4 nitrogen and oxygen atoms in total. The van der Waals surface area contributed by atoms with Gasteiger partial charge in [0.25, 0.3) is 0 Å². The highest BCUT2D eigenvalue weighted by Gasteiger charge is 2.29. The van der Waals surface area contributed by atoms with Crippen molar-refractivity contribution in [2.45, 2.75) is 26.3 Å². The molecular formula is C12H27N2O2P. The third-order valence-corrected chi connectivity index (χ3v) is 4.19. The first kappa shape index (κ1) is 15.3. The Morgan fingerprint density at radius 1 is 1.18 bits per heavy atom. The summed E-state index contributed by atoms with van der Waals surface area (Å²) < 4.78 is 10.7. The van der Waals surface area contributed by atoms with Crippen LogP contribution in [0, 0.1) is 0 Å². The van der Waals surface area contributed by atoms with Crippen molar-refractivity contribution in [3.8, 4) is 0 Å². The minimum Gasteiger partial charge on any atom is -0.380 e. The predicted molar refractivity (Wildman–Crippen MR) is 73.9 cm³/mol. The number of rotatable bonds is 7. The summed E-state index contributed by atoms with van der Waals surface area (Å²) in [5.41, 5.74) is 0.158. The average molecular weight is 262 g/mol. The molecule has 1 aliphatic heterocycles. The van der Waals surface area contributed by atoms with Gasteiger partial charge in [0, 0.05) is 60.5 Å². The molecule has 17 heavy (non-hydrogen) atoms. The molecular weight excluding hydrogens is 235 g/mol. The number of nitrogens with zero attached hydrogens (tertiary/aromatic N) is 2. The summed E-state index contributed by atoms with van der Waals surface area (Å²) in [6.07, 6.45) is 1.08. The summed E-state index contributed by atoms with van der Waals surface area (Å²) >= 11 is 0. The van der Waals surface area contributed by atoms with Gasteiger partial charge in [-0.15, -0.1) is 0 Å². The van der Waals surface area contributed by atoms with Crippen molar-refractivity contribution >= 4 is 8.81 Å². The van der Waals surface area contributed by atoms with Crippen LogP contribution in [0.5, 0.6) is 0 Å². The normalized spacial score (nSPS) is 20.5. The van der Waals surface area contributed by atoms with E-state index in [2.05, 4.69) is 30.6 Å². The molecule has 1 unspecified atom stereocenters. The summed E-state index contributed by atoms with van der Waals surface area (Å²) in [6, 6.07) is 0. The molecule has 0 aromatic rings. The fourth-order valence-corrected chi connectivity index (χ4v) is 2.74. The van der Waals surface area contributed by atoms with Crippen LogP contribution in [-0.2, 0) is 9.26 Å². The zero-order valence-corrected chi connectivity index (χ0v) is 12.7. The summed E-state index contributed by atoms with van der Waals surface area (Å²) in [6.45, 7) is 12.8. The Kier molecular flexibility index (Phi) is 6.90. The highest BCUT2D eigenvalue weighted by Crippen LogP contribution is 2.19. The van der Waals surface area contributed by atoms with Gasteiger partial charge < -0.3 is 9.26 Å². The van der Waals surface area contributed by atoms with Crippen molar-refractivity contribution in [3.05, 3.63) is 0 Å². The summed E-state index contributed by atoms with van der Waals surface area (Å²) in [7, 11) is 2.39. The fraction of sp³-hybridized carbons (Fsp3) is 1.00.